The van der Waals surface area contributed by atoms with E-state index in [9.17, 15) is 0 Å². The minimum absolute atomic E-state index is 1.05. The largest absolute Gasteiger partial charge is 0.356 e. The zero-order valence-electron chi connectivity index (χ0n) is 12.7. The molecule has 0 unspecified atom stereocenters. The van der Waals surface area contributed by atoms with Crippen molar-refractivity contribution in [1.82, 2.24) is 0 Å². The number of terminal acetylenes is 1. The summed E-state index contributed by atoms with van der Waals surface area (Å²) >= 11 is 0. The molecule has 1 N–H and O–H groups in total. The summed E-state index contributed by atoms with van der Waals surface area (Å²) in [6, 6.07) is 28.6. The Morgan fingerprint density at radius 1 is 0.696 bits per heavy atom. The van der Waals surface area contributed by atoms with E-state index in [1.807, 2.05) is 54.6 Å². The summed E-state index contributed by atoms with van der Waals surface area (Å²) in [5.41, 5.74) is 5.40. The van der Waals surface area contributed by atoms with Gasteiger partial charge in [-0.3, -0.25) is 0 Å². The van der Waals surface area contributed by atoms with Gasteiger partial charge in [0, 0.05) is 11.4 Å². The smallest absolute Gasteiger partial charge is 0.0384 e. The zero-order chi connectivity index (χ0) is 15.9. The van der Waals surface area contributed by atoms with Crippen molar-refractivity contribution in [3.8, 4) is 12.3 Å². The Morgan fingerprint density at radius 3 is 1.83 bits per heavy atom. The van der Waals surface area contributed by atoms with Gasteiger partial charge in [0.2, 0.25) is 0 Å². The zero-order valence-corrected chi connectivity index (χ0v) is 12.7. The lowest BCUT2D eigenvalue weighted by atomic mass is 9.97. The fraction of sp³-hybridized carbons (Fsp3) is 0. The van der Waals surface area contributed by atoms with Crippen molar-refractivity contribution in [3.63, 3.8) is 0 Å². The van der Waals surface area contributed by atoms with Gasteiger partial charge in [0.05, 0.1) is 0 Å². The van der Waals surface area contributed by atoms with Crippen molar-refractivity contribution < 1.29 is 0 Å². The Balaban J connectivity index is 1.86. The molecule has 0 aromatic heterocycles. The Labute approximate surface area is 137 Å². The predicted molar refractivity (Wildman–Crippen MR) is 98.5 cm³/mol. The number of hydrogen-bond donors (Lipinski definition) is 1. The molecule has 0 aliphatic rings. The van der Waals surface area contributed by atoms with E-state index in [1.165, 1.54) is 0 Å². The van der Waals surface area contributed by atoms with Crippen LogP contribution in [0.5, 0.6) is 0 Å². The first kappa shape index (κ1) is 14.7. The Hall–Kier alpha value is -3.24. The van der Waals surface area contributed by atoms with Crippen molar-refractivity contribution in [3.05, 3.63) is 102 Å². The van der Waals surface area contributed by atoms with Gasteiger partial charge in [-0.25, -0.2) is 0 Å². The number of hydrogen-bond acceptors (Lipinski definition) is 1. The highest BCUT2D eigenvalue weighted by Gasteiger charge is 2.04. The van der Waals surface area contributed by atoms with Crippen molar-refractivity contribution in [2.75, 3.05) is 5.32 Å². The molecular weight excluding hydrogens is 278 g/mol. The Bertz CT molecular complexity index is 823. The second-order valence-corrected chi connectivity index (χ2v) is 5.16. The van der Waals surface area contributed by atoms with Crippen molar-refractivity contribution in [2.24, 2.45) is 0 Å². The first-order valence-electron chi connectivity index (χ1n) is 7.51. The quantitative estimate of drug-likeness (QED) is 0.627. The summed E-state index contributed by atoms with van der Waals surface area (Å²) in [6.45, 7) is 0. The summed E-state index contributed by atoms with van der Waals surface area (Å²) in [5.74, 6) is 2.64. The maximum absolute atomic E-state index is 5.50. The molecule has 0 saturated carbocycles. The lowest BCUT2D eigenvalue weighted by molar-refractivity contribution is 1.51. The predicted octanol–water partition coefficient (Wildman–Crippen LogP) is 5.50. The molecule has 1 heteroatoms. The number of rotatable bonds is 4. The fourth-order valence-corrected chi connectivity index (χ4v) is 2.46. The van der Waals surface area contributed by atoms with Crippen LogP contribution in [0.25, 0.3) is 5.57 Å². The van der Waals surface area contributed by atoms with Crippen molar-refractivity contribution >= 4 is 16.9 Å². The number of nitrogens with one attached hydrogen (secondary N) is 1. The number of anilines is 2. The maximum Gasteiger partial charge on any atom is 0.0384 e. The molecule has 0 atom stereocenters. The number of para-hydroxylation sites is 1. The second kappa shape index (κ2) is 7.15. The summed E-state index contributed by atoms with van der Waals surface area (Å²) in [4.78, 5) is 0. The molecule has 0 aliphatic carbocycles. The fourth-order valence-electron chi connectivity index (χ4n) is 2.46. The molecule has 0 bridgehead atoms. The molecule has 3 aromatic carbocycles. The molecule has 0 spiro atoms. The summed E-state index contributed by atoms with van der Waals surface area (Å²) < 4.78 is 0. The van der Waals surface area contributed by atoms with Gasteiger partial charge in [-0.05, 0) is 47.0 Å². The minimum Gasteiger partial charge on any atom is -0.356 e. The van der Waals surface area contributed by atoms with Gasteiger partial charge in [0.15, 0.2) is 0 Å². The van der Waals surface area contributed by atoms with E-state index in [0.29, 0.717) is 0 Å². The lowest BCUT2D eigenvalue weighted by Crippen LogP contribution is -1.91. The van der Waals surface area contributed by atoms with E-state index in [2.05, 4.69) is 47.6 Å². The summed E-state index contributed by atoms with van der Waals surface area (Å²) in [5, 5.41) is 3.38. The molecule has 3 aromatic rings. The molecule has 1 nitrogen and oxygen atoms in total. The number of allylic oxidation sites excluding steroid dienone is 1. The highest BCUT2D eigenvalue weighted by Crippen LogP contribution is 2.25. The van der Waals surface area contributed by atoms with Gasteiger partial charge in [0.1, 0.15) is 0 Å². The molecule has 0 heterocycles. The average molecular weight is 295 g/mol. The first-order valence-corrected chi connectivity index (χ1v) is 7.51. The van der Waals surface area contributed by atoms with Gasteiger partial charge in [0.25, 0.3) is 0 Å². The average Bonchev–Trinajstić information content (AvgIpc) is 2.62. The lowest BCUT2D eigenvalue weighted by Gasteiger charge is -2.10. The van der Waals surface area contributed by atoms with Crippen LogP contribution in [0.1, 0.15) is 11.1 Å². The third kappa shape index (κ3) is 3.70. The molecule has 0 radical (unpaired) electrons. The van der Waals surface area contributed by atoms with Crippen LogP contribution in [-0.4, -0.2) is 0 Å². The van der Waals surface area contributed by atoms with Gasteiger partial charge < -0.3 is 5.32 Å². The second-order valence-electron chi connectivity index (χ2n) is 5.16. The standard InChI is InChI=1S/C22H17N/c1-2-9-22(18-10-5-3-6-11-18)19-14-16-21(17-15-19)23-20-12-7-4-8-13-20/h1,3-17,23H. The van der Waals surface area contributed by atoms with Crippen molar-refractivity contribution in [2.45, 2.75) is 0 Å². The van der Waals surface area contributed by atoms with Crippen LogP contribution in [0.2, 0.25) is 0 Å². The topological polar surface area (TPSA) is 12.0 Å². The van der Waals surface area contributed by atoms with E-state index < -0.39 is 0 Å². The van der Waals surface area contributed by atoms with Crippen LogP contribution in [0.15, 0.2) is 91.0 Å². The van der Waals surface area contributed by atoms with Crippen LogP contribution in [0.4, 0.5) is 11.4 Å². The number of benzene rings is 3. The molecule has 0 aliphatic heterocycles. The van der Waals surface area contributed by atoms with Gasteiger partial charge in [-0.2, -0.15) is 0 Å². The SMILES string of the molecule is C#CC=C(c1ccccc1)c1ccc(Nc2ccccc2)cc1. The van der Waals surface area contributed by atoms with E-state index in [1.54, 1.807) is 0 Å². The Morgan fingerprint density at radius 2 is 1.22 bits per heavy atom. The van der Waals surface area contributed by atoms with E-state index in [4.69, 9.17) is 6.42 Å². The molecule has 23 heavy (non-hydrogen) atoms. The molecule has 0 amide bonds. The van der Waals surface area contributed by atoms with Gasteiger partial charge in [-0.1, -0.05) is 66.6 Å². The van der Waals surface area contributed by atoms with Crippen molar-refractivity contribution in [1.29, 1.82) is 0 Å². The van der Waals surface area contributed by atoms with Crippen LogP contribution < -0.4 is 5.32 Å². The third-order valence-corrected chi connectivity index (χ3v) is 3.57. The van der Waals surface area contributed by atoms with Crippen LogP contribution in [0, 0.1) is 12.3 Å². The van der Waals surface area contributed by atoms with Gasteiger partial charge in [-0.15, -0.1) is 6.42 Å². The molecule has 3 rings (SSSR count). The van der Waals surface area contributed by atoms with Crippen LogP contribution in [0.3, 0.4) is 0 Å². The summed E-state index contributed by atoms with van der Waals surface area (Å²) in [7, 11) is 0. The molecule has 110 valence electrons. The molecule has 0 fully saturated rings. The molecular formula is C22H17N. The van der Waals surface area contributed by atoms with Crippen LogP contribution >= 0.6 is 0 Å². The van der Waals surface area contributed by atoms with E-state index >= 15 is 0 Å². The minimum atomic E-state index is 1.05. The normalized spacial score (nSPS) is 10.8. The summed E-state index contributed by atoms with van der Waals surface area (Å²) in [6.07, 6.45) is 7.31. The van der Waals surface area contributed by atoms with Gasteiger partial charge >= 0.3 is 0 Å². The third-order valence-electron chi connectivity index (χ3n) is 3.57. The van der Waals surface area contributed by atoms with Crippen LogP contribution in [-0.2, 0) is 0 Å². The molecule has 0 saturated heterocycles. The maximum atomic E-state index is 5.50. The van der Waals surface area contributed by atoms with E-state index in [-0.39, 0.29) is 0 Å². The highest BCUT2D eigenvalue weighted by atomic mass is 14.9. The van der Waals surface area contributed by atoms with E-state index in [0.717, 1.165) is 28.1 Å². The first-order chi connectivity index (χ1) is 11.4. The highest BCUT2D eigenvalue weighted by molar-refractivity contribution is 5.82. The Kier molecular flexibility index (Phi) is 4.57. The monoisotopic (exact) mass is 295 g/mol.